The number of aryl methyl sites for hydroxylation is 1. The quantitative estimate of drug-likeness (QED) is 0.493. The van der Waals surface area contributed by atoms with Crippen LogP contribution in [0.1, 0.15) is 87.4 Å². The number of amides is 1. The number of aromatic nitrogens is 1. The van der Waals surface area contributed by atoms with Crippen molar-refractivity contribution >= 4 is 5.91 Å². The molecule has 1 aromatic heterocycles. The molecule has 0 atom stereocenters. The Hall–Kier alpha value is -2.03. The van der Waals surface area contributed by atoms with Gasteiger partial charge in [-0.05, 0) is 49.8 Å². The van der Waals surface area contributed by atoms with Crippen LogP contribution in [0.4, 0.5) is 0 Å². The van der Waals surface area contributed by atoms with Gasteiger partial charge >= 0.3 is 0 Å². The van der Waals surface area contributed by atoms with Crippen LogP contribution in [0.15, 0.2) is 42.6 Å². The fraction of sp³-hybridized carbons (Fsp3) is 0.593. The van der Waals surface area contributed by atoms with E-state index in [2.05, 4.69) is 59.0 Å². The molecule has 2 aliphatic rings. The van der Waals surface area contributed by atoms with Crippen LogP contribution in [0.2, 0.25) is 0 Å². The average molecular weight is 407 g/mol. The summed E-state index contributed by atoms with van der Waals surface area (Å²) in [5.74, 6) is 1.17. The lowest BCUT2D eigenvalue weighted by Crippen LogP contribution is -2.41. The number of carbonyl (C=O) groups excluding carboxylic acids is 1. The Bertz CT molecular complexity index is 812. The summed E-state index contributed by atoms with van der Waals surface area (Å²) in [7, 11) is 0. The fourth-order valence-corrected chi connectivity index (χ4v) is 5.51. The molecular weight excluding hydrogens is 368 g/mol. The monoisotopic (exact) mass is 406 g/mol. The van der Waals surface area contributed by atoms with Gasteiger partial charge in [-0.2, -0.15) is 0 Å². The van der Waals surface area contributed by atoms with Gasteiger partial charge in [-0.3, -0.25) is 4.79 Å². The van der Waals surface area contributed by atoms with Crippen LogP contribution < -0.4 is 0 Å². The predicted octanol–water partition coefficient (Wildman–Crippen LogP) is 6.48. The third-order valence-electron chi connectivity index (χ3n) is 7.27. The third kappa shape index (κ3) is 5.56. The van der Waals surface area contributed by atoms with Crippen molar-refractivity contribution in [2.24, 2.45) is 5.92 Å². The van der Waals surface area contributed by atoms with Crippen molar-refractivity contribution in [3.8, 4) is 0 Å². The van der Waals surface area contributed by atoms with E-state index < -0.39 is 0 Å². The van der Waals surface area contributed by atoms with E-state index in [1.54, 1.807) is 0 Å². The highest BCUT2D eigenvalue weighted by atomic mass is 16.2. The lowest BCUT2D eigenvalue weighted by molar-refractivity contribution is -0.135. The highest BCUT2D eigenvalue weighted by molar-refractivity contribution is 5.76. The van der Waals surface area contributed by atoms with Crippen LogP contribution in [-0.2, 0) is 17.9 Å². The first-order valence-corrected chi connectivity index (χ1v) is 12.2. The largest absolute Gasteiger partial charge is 0.345 e. The minimum absolute atomic E-state index is 0.386. The molecule has 0 spiro atoms. The molecule has 0 N–H and O–H groups in total. The normalized spacial score (nSPS) is 18.0. The van der Waals surface area contributed by atoms with Crippen LogP contribution in [0.3, 0.4) is 0 Å². The van der Waals surface area contributed by atoms with E-state index >= 15 is 0 Å². The molecule has 3 heteroatoms. The van der Waals surface area contributed by atoms with E-state index in [1.807, 2.05) is 0 Å². The summed E-state index contributed by atoms with van der Waals surface area (Å²) >= 11 is 0. The Kier molecular flexibility index (Phi) is 7.30. The predicted molar refractivity (Wildman–Crippen MR) is 123 cm³/mol. The van der Waals surface area contributed by atoms with E-state index in [-0.39, 0.29) is 0 Å². The molecular formula is C27H38N2O. The van der Waals surface area contributed by atoms with Crippen molar-refractivity contribution in [2.75, 3.05) is 0 Å². The first kappa shape index (κ1) is 21.2. The Labute approximate surface area is 182 Å². The molecule has 1 aromatic carbocycles. The summed E-state index contributed by atoms with van der Waals surface area (Å²) in [4.78, 5) is 15.6. The van der Waals surface area contributed by atoms with Crippen molar-refractivity contribution in [1.29, 1.82) is 0 Å². The molecule has 3 nitrogen and oxygen atoms in total. The topological polar surface area (TPSA) is 25.2 Å². The lowest BCUT2D eigenvalue weighted by Gasteiger charge is -2.35. The summed E-state index contributed by atoms with van der Waals surface area (Å²) in [5, 5.41) is 0. The molecule has 0 saturated heterocycles. The number of hydrogen-bond acceptors (Lipinski definition) is 1. The molecule has 4 rings (SSSR count). The van der Waals surface area contributed by atoms with Crippen LogP contribution in [0, 0.1) is 12.8 Å². The minimum Gasteiger partial charge on any atom is -0.345 e. The maximum Gasteiger partial charge on any atom is 0.223 e. The molecule has 0 radical (unpaired) electrons. The van der Waals surface area contributed by atoms with Gasteiger partial charge in [0.2, 0.25) is 5.91 Å². The van der Waals surface area contributed by atoms with E-state index in [9.17, 15) is 4.79 Å². The smallest absolute Gasteiger partial charge is 0.223 e. The molecule has 0 bridgehead atoms. The highest BCUT2D eigenvalue weighted by Gasteiger charge is 2.27. The van der Waals surface area contributed by atoms with Crippen molar-refractivity contribution in [2.45, 2.75) is 96.7 Å². The van der Waals surface area contributed by atoms with Crippen molar-refractivity contribution in [3.05, 3.63) is 59.4 Å². The second-order valence-electron chi connectivity index (χ2n) is 9.62. The molecule has 0 unspecified atom stereocenters. The number of rotatable bonds is 8. The second kappa shape index (κ2) is 10.3. The molecule has 2 fully saturated rings. The van der Waals surface area contributed by atoms with Gasteiger partial charge in [0, 0.05) is 30.9 Å². The molecule has 0 aliphatic heterocycles. The molecule has 1 heterocycles. The number of hydrogen-bond donors (Lipinski definition) is 0. The van der Waals surface area contributed by atoms with Gasteiger partial charge in [-0.1, -0.05) is 74.8 Å². The van der Waals surface area contributed by atoms with Gasteiger partial charge in [-0.15, -0.1) is 0 Å². The maximum atomic E-state index is 13.4. The van der Waals surface area contributed by atoms with Crippen molar-refractivity contribution in [3.63, 3.8) is 0 Å². The first-order valence-electron chi connectivity index (χ1n) is 12.2. The third-order valence-corrected chi connectivity index (χ3v) is 7.27. The minimum atomic E-state index is 0.386. The average Bonchev–Trinajstić information content (AvgIpc) is 3.43. The summed E-state index contributed by atoms with van der Waals surface area (Å²) in [6, 6.07) is 13.5. The zero-order valence-electron chi connectivity index (χ0n) is 18.7. The molecule has 1 amide bonds. The van der Waals surface area contributed by atoms with E-state index in [0.717, 1.165) is 31.8 Å². The van der Waals surface area contributed by atoms with Gasteiger partial charge < -0.3 is 9.47 Å². The lowest BCUT2D eigenvalue weighted by atomic mass is 9.93. The summed E-state index contributed by atoms with van der Waals surface area (Å²) in [5.41, 5.74) is 3.88. The van der Waals surface area contributed by atoms with Crippen LogP contribution in [-0.4, -0.2) is 21.4 Å². The zero-order chi connectivity index (χ0) is 20.8. The van der Waals surface area contributed by atoms with Crippen LogP contribution in [0.5, 0.6) is 0 Å². The number of nitrogens with zero attached hydrogens (tertiary/aromatic N) is 2. The Morgan fingerprint density at radius 1 is 1.00 bits per heavy atom. The maximum absolute atomic E-state index is 13.4. The zero-order valence-corrected chi connectivity index (χ0v) is 18.7. The summed E-state index contributed by atoms with van der Waals surface area (Å²) in [6.45, 7) is 3.78. The Balaban J connectivity index is 1.46. The van der Waals surface area contributed by atoms with E-state index in [4.69, 9.17) is 0 Å². The first-order chi connectivity index (χ1) is 14.7. The molecule has 162 valence electrons. The fourth-order valence-electron chi connectivity index (χ4n) is 5.51. The SMILES string of the molecule is Cc1cccc(Cn2cccc2CN(C(=O)CCC2CCCC2)C2CCCCC2)c1. The van der Waals surface area contributed by atoms with Gasteiger partial charge in [0.15, 0.2) is 0 Å². The Morgan fingerprint density at radius 3 is 2.53 bits per heavy atom. The van der Waals surface area contributed by atoms with Crippen LogP contribution in [0.25, 0.3) is 0 Å². The Morgan fingerprint density at radius 2 is 1.77 bits per heavy atom. The van der Waals surface area contributed by atoms with Crippen LogP contribution >= 0.6 is 0 Å². The van der Waals surface area contributed by atoms with Crippen molar-refractivity contribution < 1.29 is 4.79 Å². The van der Waals surface area contributed by atoms with Gasteiger partial charge in [0.05, 0.1) is 6.54 Å². The number of benzene rings is 1. The number of carbonyl (C=O) groups is 1. The van der Waals surface area contributed by atoms with E-state index in [0.29, 0.717) is 11.9 Å². The van der Waals surface area contributed by atoms with Gasteiger partial charge in [0.25, 0.3) is 0 Å². The highest BCUT2D eigenvalue weighted by Crippen LogP contribution is 2.30. The molecule has 30 heavy (non-hydrogen) atoms. The molecule has 2 aromatic rings. The summed E-state index contributed by atoms with van der Waals surface area (Å²) in [6.07, 6.45) is 15.6. The van der Waals surface area contributed by atoms with Gasteiger partial charge in [0.1, 0.15) is 0 Å². The molecule has 2 aliphatic carbocycles. The van der Waals surface area contributed by atoms with Gasteiger partial charge in [-0.25, -0.2) is 0 Å². The van der Waals surface area contributed by atoms with E-state index in [1.165, 1.54) is 74.6 Å². The van der Waals surface area contributed by atoms with Crippen molar-refractivity contribution in [1.82, 2.24) is 9.47 Å². The summed E-state index contributed by atoms with van der Waals surface area (Å²) < 4.78 is 2.33. The standard InChI is InChI=1S/C27H38N2O/c1-22-9-7-12-24(19-22)20-28-18-8-15-26(28)21-29(25-13-3-2-4-14-25)27(30)17-16-23-10-5-6-11-23/h7-9,12,15,18-19,23,25H,2-6,10-11,13-14,16-17,20-21H2,1H3. The molecule has 2 saturated carbocycles. The second-order valence-corrected chi connectivity index (χ2v) is 9.62.